The van der Waals surface area contributed by atoms with Crippen LogP contribution in [0.15, 0.2) is 47.6 Å². The average molecular weight is 451 g/mol. The highest BCUT2D eigenvalue weighted by molar-refractivity contribution is 6.32. The van der Waals surface area contributed by atoms with Gasteiger partial charge in [0.05, 0.1) is 22.0 Å². The maximum Gasteiger partial charge on any atom is 0.417 e. The molecular formula is C21H18ClF3N4O2. The van der Waals surface area contributed by atoms with Crippen LogP contribution in [0.25, 0.3) is 11.3 Å². The van der Waals surface area contributed by atoms with Crippen LogP contribution >= 0.6 is 11.6 Å². The van der Waals surface area contributed by atoms with Gasteiger partial charge in [-0.1, -0.05) is 11.6 Å². The summed E-state index contributed by atoms with van der Waals surface area (Å²) < 4.78 is 40.4. The molecule has 1 heterocycles. The summed E-state index contributed by atoms with van der Waals surface area (Å²) in [5, 5.41) is 6.77. The molecule has 0 saturated carbocycles. The standard InChI is InChI=1S/C21H18ClF3N4O2/c1-4-29(20(30)13-5-8-16(17(22)10-13)21(23,24)25)14-6-7-15(18(11-14)27-31)19-9-12(2)26-28(19)3/h5-11H,4H2,1-3H3. The van der Waals surface area contributed by atoms with Gasteiger partial charge in [0.1, 0.15) is 5.69 Å². The summed E-state index contributed by atoms with van der Waals surface area (Å²) in [5.74, 6) is -0.556. The lowest BCUT2D eigenvalue weighted by molar-refractivity contribution is -0.137. The van der Waals surface area contributed by atoms with Gasteiger partial charge < -0.3 is 4.90 Å². The molecule has 0 radical (unpaired) electrons. The fraction of sp³-hybridized carbons (Fsp3) is 0.238. The van der Waals surface area contributed by atoms with Gasteiger partial charge in [-0.05, 0) is 61.5 Å². The number of carbonyl (C=O) groups is 1. The van der Waals surface area contributed by atoms with Crippen LogP contribution < -0.4 is 4.90 Å². The van der Waals surface area contributed by atoms with Gasteiger partial charge in [-0.2, -0.15) is 18.3 Å². The number of nitrogens with zero attached hydrogens (tertiary/aromatic N) is 4. The summed E-state index contributed by atoms with van der Waals surface area (Å²) in [4.78, 5) is 25.8. The number of aromatic nitrogens is 2. The Kier molecular flexibility index (Phi) is 6.17. The summed E-state index contributed by atoms with van der Waals surface area (Å²) in [5.41, 5.74) is 1.45. The molecule has 31 heavy (non-hydrogen) atoms. The van der Waals surface area contributed by atoms with E-state index < -0.39 is 22.7 Å². The van der Waals surface area contributed by atoms with Crippen LogP contribution in [-0.2, 0) is 13.2 Å². The molecule has 0 aliphatic carbocycles. The summed E-state index contributed by atoms with van der Waals surface area (Å²) in [6.45, 7) is 3.73. The van der Waals surface area contributed by atoms with Crippen molar-refractivity contribution >= 4 is 28.9 Å². The highest BCUT2D eigenvalue weighted by atomic mass is 35.5. The monoisotopic (exact) mass is 450 g/mol. The summed E-state index contributed by atoms with van der Waals surface area (Å²) >= 11 is 5.75. The topological polar surface area (TPSA) is 67.6 Å². The lowest BCUT2D eigenvalue weighted by atomic mass is 10.1. The first-order valence-electron chi connectivity index (χ1n) is 9.23. The second-order valence-corrected chi connectivity index (χ2v) is 7.24. The minimum absolute atomic E-state index is 0.00759. The second kappa shape index (κ2) is 8.50. The number of carbonyl (C=O) groups excluding carboxylic acids is 1. The van der Waals surface area contributed by atoms with Crippen LogP contribution in [0.1, 0.15) is 28.5 Å². The van der Waals surface area contributed by atoms with Gasteiger partial charge in [0.2, 0.25) is 0 Å². The molecule has 1 aromatic heterocycles. The Labute approximate surface area is 181 Å². The molecule has 0 fully saturated rings. The fourth-order valence-electron chi connectivity index (χ4n) is 3.32. The van der Waals surface area contributed by atoms with Gasteiger partial charge in [0.25, 0.3) is 5.91 Å². The smallest absolute Gasteiger partial charge is 0.309 e. The minimum atomic E-state index is -4.62. The van der Waals surface area contributed by atoms with E-state index in [2.05, 4.69) is 10.3 Å². The van der Waals surface area contributed by atoms with Crippen LogP contribution in [0.4, 0.5) is 24.5 Å². The first kappa shape index (κ1) is 22.5. The number of nitroso groups, excluding NO2 is 1. The Morgan fingerprint density at radius 1 is 1.19 bits per heavy atom. The molecule has 6 nitrogen and oxygen atoms in total. The maximum absolute atomic E-state index is 13.0. The third-order valence-corrected chi connectivity index (χ3v) is 5.06. The normalized spacial score (nSPS) is 11.5. The van der Waals surface area contributed by atoms with Crippen molar-refractivity contribution in [3.63, 3.8) is 0 Å². The van der Waals surface area contributed by atoms with E-state index in [1.54, 1.807) is 36.9 Å². The number of alkyl halides is 3. The van der Waals surface area contributed by atoms with E-state index in [1.807, 2.05) is 6.92 Å². The second-order valence-electron chi connectivity index (χ2n) is 6.83. The number of hydrogen-bond acceptors (Lipinski definition) is 4. The van der Waals surface area contributed by atoms with Gasteiger partial charge in [0, 0.05) is 30.4 Å². The number of halogens is 4. The molecule has 0 bridgehead atoms. The zero-order chi connectivity index (χ0) is 22.9. The molecule has 0 atom stereocenters. The molecule has 3 aromatic rings. The Balaban J connectivity index is 1.99. The third kappa shape index (κ3) is 4.46. The fourth-order valence-corrected chi connectivity index (χ4v) is 3.61. The van der Waals surface area contributed by atoms with Crippen molar-refractivity contribution in [2.24, 2.45) is 12.2 Å². The van der Waals surface area contributed by atoms with Crippen molar-refractivity contribution in [1.82, 2.24) is 9.78 Å². The summed E-state index contributed by atoms with van der Waals surface area (Å²) in [6, 6.07) is 9.38. The van der Waals surface area contributed by atoms with E-state index in [-0.39, 0.29) is 17.8 Å². The van der Waals surface area contributed by atoms with E-state index in [1.165, 1.54) is 11.0 Å². The SMILES string of the molecule is CCN(C(=O)c1ccc(C(F)(F)F)c(Cl)c1)c1ccc(-c2cc(C)nn2C)c(N=O)c1. The van der Waals surface area contributed by atoms with Crippen molar-refractivity contribution in [1.29, 1.82) is 0 Å². The number of amides is 1. The molecule has 0 saturated heterocycles. The van der Waals surface area contributed by atoms with Crippen molar-refractivity contribution in [3.8, 4) is 11.3 Å². The molecule has 10 heteroatoms. The first-order valence-corrected chi connectivity index (χ1v) is 9.61. The molecule has 0 unspecified atom stereocenters. The van der Waals surface area contributed by atoms with Crippen molar-refractivity contribution in [3.05, 3.63) is 69.2 Å². The highest BCUT2D eigenvalue weighted by Gasteiger charge is 2.33. The van der Waals surface area contributed by atoms with E-state index in [9.17, 15) is 22.9 Å². The van der Waals surface area contributed by atoms with Gasteiger partial charge in [0.15, 0.2) is 0 Å². The van der Waals surface area contributed by atoms with Gasteiger partial charge in [-0.3, -0.25) is 9.48 Å². The van der Waals surface area contributed by atoms with Crippen LogP contribution in [0, 0.1) is 11.8 Å². The quantitative estimate of drug-likeness (QED) is 0.439. The molecule has 1 amide bonds. The van der Waals surface area contributed by atoms with E-state index in [0.29, 0.717) is 16.9 Å². The lowest BCUT2D eigenvalue weighted by Crippen LogP contribution is -2.30. The zero-order valence-corrected chi connectivity index (χ0v) is 17.6. The largest absolute Gasteiger partial charge is 0.417 e. The minimum Gasteiger partial charge on any atom is -0.309 e. The molecular weight excluding hydrogens is 433 g/mol. The van der Waals surface area contributed by atoms with Crippen molar-refractivity contribution in [2.45, 2.75) is 20.0 Å². The highest BCUT2D eigenvalue weighted by Crippen LogP contribution is 2.37. The van der Waals surface area contributed by atoms with Crippen LogP contribution in [0.2, 0.25) is 5.02 Å². The predicted molar refractivity (Wildman–Crippen MR) is 113 cm³/mol. The van der Waals surface area contributed by atoms with Crippen LogP contribution in [0.5, 0.6) is 0 Å². The summed E-state index contributed by atoms with van der Waals surface area (Å²) in [6.07, 6.45) is -4.62. The molecule has 3 rings (SSSR count). The van der Waals surface area contributed by atoms with E-state index in [4.69, 9.17) is 11.6 Å². The van der Waals surface area contributed by atoms with E-state index >= 15 is 0 Å². The zero-order valence-electron chi connectivity index (χ0n) is 16.9. The average Bonchev–Trinajstić information content (AvgIpc) is 3.05. The Bertz CT molecular complexity index is 1160. The molecule has 0 N–H and O–H groups in total. The lowest BCUT2D eigenvalue weighted by Gasteiger charge is -2.22. The third-order valence-electron chi connectivity index (χ3n) is 4.75. The van der Waals surface area contributed by atoms with E-state index in [0.717, 1.165) is 23.9 Å². The van der Waals surface area contributed by atoms with Crippen LogP contribution in [0.3, 0.4) is 0 Å². The van der Waals surface area contributed by atoms with Gasteiger partial charge >= 0.3 is 6.18 Å². The molecule has 0 aliphatic heterocycles. The Morgan fingerprint density at radius 3 is 2.42 bits per heavy atom. The molecule has 0 spiro atoms. The number of rotatable bonds is 5. The number of hydrogen-bond donors (Lipinski definition) is 0. The first-order chi connectivity index (χ1) is 14.6. The van der Waals surface area contributed by atoms with Gasteiger partial charge in [-0.15, -0.1) is 4.91 Å². The van der Waals surface area contributed by atoms with Crippen molar-refractivity contribution in [2.75, 3.05) is 11.4 Å². The Morgan fingerprint density at radius 2 is 1.90 bits per heavy atom. The molecule has 2 aromatic carbocycles. The predicted octanol–water partition coefficient (Wildman–Crippen LogP) is 6.13. The Hall–Kier alpha value is -3.20. The molecule has 0 aliphatic rings. The number of aryl methyl sites for hydroxylation is 2. The van der Waals surface area contributed by atoms with Crippen molar-refractivity contribution < 1.29 is 18.0 Å². The number of benzene rings is 2. The maximum atomic E-state index is 13.0. The summed E-state index contributed by atoms with van der Waals surface area (Å²) in [7, 11) is 1.74. The van der Waals surface area contributed by atoms with Gasteiger partial charge in [-0.25, -0.2) is 0 Å². The number of anilines is 1. The van der Waals surface area contributed by atoms with Crippen LogP contribution in [-0.4, -0.2) is 22.2 Å². The molecule has 162 valence electrons.